The predicted octanol–water partition coefficient (Wildman–Crippen LogP) is 0.507. The molecule has 0 saturated carbocycles. The van der Waals surface area contributed by atoms with Gasteiger partial charge in [0.15, 0.2) is 41.5 Å². The average Bonchev–Trinajstić information content (AvgIpc) is 3.57. The van der Waals surface area contributed by atoms with Gasteiger partial charge in [0.1, 0.15) is 18.5 Å². The highest BCUT2D eigenvalue weighted by Gasteiger charge is 2.47. The van der Waals surface area contributed by atoms with Gasteiger partial charge in [-0.1, -0.05) is 11.6 Å². The van der Waals surface area contributed by atoms with E-state index in [2.05, 4.69) is 35.6 Å². The number of aliphatic hydroxyl groups excluding tert-OH is 2. The third kappa shape index (κ3) is 3.94. The molecule has 0 spiro atoms. The van der Waals surface area contributed by atoms with Crippen LogP contribution in [0.1, 0.15) is 11.9 Å². The Bertz CT molecular complexity index is 1330. The van der Waals surface area contributed by atoms with E-state index in [-0.39, 0.29) is 5.82 Å². The lowest BCUT2D eigenvalue weighted by atomic mass is 10.1. The minimum absolute atomic E-state index is 0.280. The minimum atomic E-state index is -1.44. The van der Waals surface area contributed by atoms with E-state index >= 15 is 0 Å². The van der Waals surface area contributed by atoms with Gasteiger partial charge in [-0.2, -0.15) is 0 Å². The van der Waals surface area contributed by atoms with E-state index in [0.29, 0.717) is 39.8 Å². The van der Waals surface area contributed by atoms with Crippen molar-refractivity contribution in [1.29, 1.82) is 0 Å². The zero-order chi connectivity index (χ0) is 23.8. The number of hydrogen-bond donors (Lipinski definition) is 4. The normalized spacial score (nSPS) is 22.2. The van der Waals surface area contributed by atoms with Crippen molar-refractivity contribution >= 4 is 34.5 Å². The number of hydrogen-bond acceptors (Lipinski definition) is 11. The van der Waals surface area contributed by atoms with Crippen LogP contribution in [0.25, 0.3) is 22.6 Å². The number of fused-ring (bicyclic) bond motifs is 1. The Morgan fingerprint density at radius 3 is 2.82 bits per heavy atom. The molecule has 1 saturated heterocycles. The highest BCUT2D eigenvalue weighted by atomic mass is 35.5. The highest BCUT2D eigenvalue weighted by Crippen LogP contribution is 2.33. The van der Waals surface area contributed by atoms with Crippen molar-refractivity contribution in [1.82, 2.24) is 34.8 Å². The van der Waals surface area contributed by atoms with E-state index in [4.69, 9.17) is 20.8 Å². The van der Waals surface area contributed by atoms with Gasteiger partial charge in [0.25, 0.3) is 5.91 Å². The molecule has 0 bridgehead atoms. The van der Waals surface area contributed by atoms with E-state index in [1.54, 1.807) is 12.3 Å². The van der Waals surface area contributed by atoms with Crippen LogP contribution in [0.2, 0.25) is 5.02 Å². The summed E-state index contributed by atoms with van der Waals surface area (Å²) < 4.78 is 12.1. The molecule has 5 rings (SSSR count). The Kier molecular flexibility index (Phi) is 5.83. The van der Waals surface area contributed by atoms with Gasteiger partial charge in [-0.05, 0) is 6.07 Å². The predicted molar refractivity (Wildman–Crippen MR) is 117 cm³/mol. The third-order valence-corrected chi connectivity index (χ3v) is 5.53. The Morgan fingerprint density at radius 1 is 1.24 bits per heavy atom. The Balaban J connectivity index is 1.59. The fraction of sp³-hybridized carbons (Fsp3) is 0.300. The summed E-state index contributed by atoms with van der Waals surface area (Å²) in [6, 6.07) is 1.66. The topological polar surface area (TPSA) is 173 Å². The highest BCUT2D eigenvalue weighted by molar-refractivity contribution is 6.30. The lowest BCUT2D eigenvalue weighted by Gasteiger charge is -2.17. The van der Waals surface area contributed by atoms with Crippen LogP contribution in [0, 0.1) is 0 Å². The number of likely N-dealkylation sites (N-methyl/N-ethyl adjacent to an activating group) is 1. The molecule has 176 valence electrons. The number of carbonyl (C=O) groups is 1. The summed E-state index contributed by atoms with van der Waals surface area (Å²) in [6.45, 7) is 0.294. The van der Waals surface area contributed by atoms with Crippen molar-refractivity contribution in [2.24, 2.45) is 0 Å². The Hall–Kier alpha value is -3.65. The molecule has 14 heteroatoms. The number of ether oxygens (including phenoxy) is 1. The van der Waals surface area contributed by atoms with Crippen LogP contribution >= 0.6 is 11.6 Å². The van der Waals surface area contributed by atoms with E-state index in [1.807, 2.05) is 0 Å². The van der Waals surface area contributed by atoms with Gasteiger partial charge in [-0.3, -0.25) is 14.3 Å². The van der Waals surface area contributed by atoms with Gasteiger partial charge in [-0.25, -0.2) is 19.9 Å². The van der Waals surface area contributed by atoms with Crippen LogP contribution in [0.4, 0.5) is 5.82 Å². The first-order valence-corrected chi connectivity index (χ1v) is 10.5. The molecule has 1 fully saturated rings. The maximum atomic E-state index is 12.1. The van der Waals surface area contributed by atoms with Crippen molar-refractivity contribution in [3.63, 3.8) is 0 Å². The quantitative estimate of drug-likeness (QED) is 0.299. The van der Waals surface area contributed by atoms with Gasteiger partial charge in [0.2, 0.25) is 0 Å². The molecule has 5 heterocycles. The summed E-state index contributed by atoms with van der Waals surface area (Å²) in [5.41, 5.74) is 1.85. The molecule has 1 amide bonds. The van der Waals surface area contributed by atoms with E-state index < -0.39 is 30.4 Å². The van der Waals surface area contributed by atoms with Crippen molar-refractivity contribution in [3.05, 3.63) is 48.2 Å². The third-order valence-electron chi connectivity index (χ3n) is 5.32. The summed E-state index contributed by atoms with van der Waals surface area (Å²) in [4.78, 5) is 33.8. The molecule has 4 N–H and O–H groups in total. The standard InChI is InChI=1S/C20H19ClN8O5/c1-22-19(32)15-13(30)14(31)20(34-15)29-7-25-12-17(24-5-11-6-33-8-26-11)27-16(28-18(12)29)9-2-10(21)4-23-3-9/h2-4,6-8,13-15,20,30-31H,5H2,1H3,(H,22,32)(H,24,27,28)/t13-,14+,15-,20+/m0/s1. The number of aromatic nitrogens is 6. The largest absolute Gasteiger partial charge is 0.451 e. The molecule has 4 atom stereocenters. The maximum absolute atomic E-state index is 12.1. The number of carbonyl (C=O) groups excluding carboxylic acids is 1. The number of nitrogens with one attached hydrogen (secondary N) is 2. The van der Waals surface area contributed by atoms with Gasteiger partial charge in [0.05, 0.1) is 23.6 Å². The average molecular weight is 487 g/mol. The Labute approximate surface area is 196 Å². The number of nitrogens with zero attached hydrogens (tertiary/aromatic N) is 6. The molecule has 1 aliphatic rings. The number of imidazole rings is 1. The summed E-state index contributed by atoms with van der Waals surface area (Å²) >= 11 is 6.10. The molecule has 0 aliphatic carbocycles. The number of amides is 1. The fourth-order valence-corrected chi connectivity index (χ4v) is 3.81. The van der Waals surface area contributed by atoms with Crippen LogP contribution < -0.4 is 10.6 Å². The minimum Gasteiger partial charge on any atom is -0.451 e. The first-order valence-electron chi connectivity index (χ1n) is 10.2. The molecule has 4 aromatic rings. The first-order chi connectivity index (χ1) is 16.5. The summed E-state index contributed by atoms with van der Waals surface area (Å²) in [7, 11) is 1.41. The van der Waals surface area contributed by atoms with Crippen LogP contribution in [0.3, 0.4) is 0 Å². The molecular formula is C20H19ClN8O5. The fourth-order valence-electron chi connectivity index (χ4n) is 3.64. The second-order valence-corrected chi connectivity index (χ2v) is 7.92. The number of pyridine rings is 1. The van der Waals surface area contributed by atoms with Crippen molar-refractivity contribution in [2.45, 2.75) is 31.1 Å². The molecule has 1 aliphatic heterocycles. The smallest absolute Gasteiger partial charge is 0.251 e. The lowest BCUT2D eigenvalue weighted by Crippen LogP contribution is -2.41. The molecule has 13 nitrogen and oxygen atoms in total. The molecule has 4 aromatic heterocycles. The lowest BCUT2D eigenvalue weighted by molar-refractivity contribution is -0.137. The maximum Gasteiger partial charge on any atom is 0.251 e. The number of anilines is 1. The van der Waals surface area contributed by atoms with Gasteiger partial charge in [-0.15, -0.1) is 0 Å². The van der Waals surface area contributed by atoms with Crippen molar-refractivity contribution < 1.29 is 24.2 Å². The van der Waals surface area contributed by atoms with Crippen LogP contribution in [0.15, 0.2) is 41.9 Å². The van der Waals surface area contributed by atoms with Crippen molar-refractivity contribution in [2.75, 3.05) is 12.4 Å². The van der Waals surface area contributed by atoms with Gasteiger partial charge in [0, 0.05) is 25.0 Å². The van der Waals surface area contributed by atoms with Crippen LogP contribution in [-0.4, -0.2) is 71.0 Å². The SMILES string of the molecule is CNC(=O)[C@H]1O[C@@H](n2cnc3c(NCc4cocn4)nc(-c4cncc(Cl)c4)nc32)[C@H](O)[C@@H]1O. The number of oxazole rings is 1. The first kappa shape index (κ1) is 22.2. The second kappa shape index (κ2) is 8.95. The molecule has 0 unspecified atom stereocenters. The summed E-state index contributed by atoms with van der Waals surface area (Å²) in [6.07, 6.45) is 2.03. The number of aliphatic hydroxyl groups is 2. The molecule has 34 heavy (non-hydrogen) atoms. The van der Waals surface area contributed by atoms with Crippen LogP contribution in [-0.2, 0) is 16.1 Å². The molecule has 0 radical (unpaired) electrons. The number of halogens is 1. The summed E-state index contributed by atoms with van der Waals surface area (Å²) in [5.74, 6) is 0.0918. The van der Waals surface area contributed by atoms with E-state index in [9.17, 15) is 15.0 Å². The molecule has 0 aromatic carbocycles. The monoisotopic (exact) mass is 486 g/mol. The van der Waals surface area contributed by atoms with Gasteiger partial charge >= 0.3 is 0 Å². The second-order valence-electron chi connectivity index (χ2n) is 7.49. The van der Waals surface area contributed by atoms with Gasteiger partial charge < -0.3 is 30.0 Å². The summed E-state index contributed by atoms with van der Waals surface area (Å²) in [5, 5.41) is 26.9. The van der Waals surface area contributed by atoms with E-state index in [0.717, 1.165) is 0 Å². The molecular weight excluding hydrogens is 468 g/mol. The van der Waals surface area contributed by atoms with Crippen LogP contribution in [0.5, 0.6) is 0 Å². The number of rotatable bonds is 6. The zero-order valence-electron chi connectivity index (χ0n) is 17.7. The Morgan fingerprint density at radius 2 is 2.09 bits per heavy atom. The zero-order valence-corrected chi connectivity index (χ0v) is 18.4. The van der Waals surface area contributed by atoms with E-state index in [1.165, 1.54) is 36.8 Å². The van der Waals surface area contributed by atoms with Crippen molar-refractivity contribution in [3.8, 4) is 11.4 Å².